The zero-order chi connectivity index (χ0) is 14.3. The molecule has 0 saturated heterocycles. The number of hydrogen-bond donors (Lipinski definition) is 0. The first-order chi connectivity index (χ1) is 9.60. The van der Waals surface area contributed by atoms with Gasteiger partial charge < -0.3 is 9.64 Å². The molecular formula is C16H14ClNO2. The van der Waals surface area contributed by atoms with Crippen molar-refractivity contribution in [2.24, 2.45) is 0 Å². The minimum Gasteiger partial charge on any atom is -0.454 e. The van der Waals surface area contributed by atoms with Gasteiger partial charge in [0.25, 0.3) is 5.91 Å². The molecule has 1 heterocycles. The van der Waals surface area contributed by atoms with Gasteiger partial charge in [-0.05, 0) is 43.7 Å². The number of carbonyl (C=O) groups is 1. The summed E-state index contributed by atoms with van der Waals surface area (Å²) in [6, 6.07) is 10.9. The molecule has 0 bridgehead atoms. The number of carbonyl (C=O) groups excluding carboxylic acids is 1. The summed E-state index contributed by atoms with van der Waals surface area (Å²) in [5.74, 6) is 1.13. The maximum absolute atomic E-state index is 12.6. The lowest BCUT2D eigenvalue weighted by atomic mass is 10.1. The topological polar surface area (TPSA) is 29.5 Å². The molecule has 2 aromatic carbocycles. The Hall–Kier alpha value is -2.00. The molecule has 0 spiro atoms. The van der Waals surface area contributed by atoms with Crippen molar-refractivity contribution in [2.45, 2.75) is 13.8 Å². The Morgan fingerprint density at radius 3 is 2.70 bits per heavy atom. The Balaban J connectivity index is 2.24. The number of rotatable bonds is 1. The summed E-state index contributed by atoms with van der Waals surface area (Å²) in [5.41, 5.74) is 2.37. The van der Waals surface area contributed by atoms with Crippen LogP contribution >= 0.6 is 11.6 Å². The van der Waals surface area contributed by atoms with Crippen molar-refractivity contribution in [1.29, 1.82) is 0 Å². The van der Waals surface area contributed by atoms with E-state index >= 15 is 0 Å². The molecule has 0 atom stereocenters. The second kappa shape index (κ2) is 4.84. The molecule has 1 aliphatic heterocycles. The van der Waals surface area contributed by atoms with Gasteiger partial charge in [0.15, 0.2) is 5.75 Å². The largest absolute Gasteiger partial charge is 0.454 e. The maximum atomic E-state index is 12.6. The number of nitrogens with zero attached hydrogens (tertiary/aromatic N) is 1. The van der Waals surface area contributed by atoms with E-state index in [2.05, 4.69) is 0 Å². The smallest absolute Gasteiger partial charge is 0.262 e. The van der Waals surface area contributed by atoms with Gasteiger partial charge in [-0.2, -0.15) is 0 Å². The lowest BCUT2D eigenvalue weighted by Crippen LogP contribution is -2.29. The van der Waals surface area contributed by atoms with E-state index in [4.69, 9.17) is 16.3 Å². The second-order valence-corrected chi connectivity index (χ2v) is 5.20. The summed E-state index contributed by atoms with van der Waals surface area (Å²) in [7, 11) is 0. The summed E-state index contributed by atoms with van der Waals surface area (Å²) in [6.45, 7) is 4.48. The van der Waals surface area contributed by atoms with Gasteiger partial charge in [-0.15, -0.1) is 0 Å². The van der Waals surface area contributed by atoms with Gasteiger partial charge in [-0.25, -0.2) is 0 Å². The van der Waals surface area contributed by atoms with Crippen LogP contribution in [0, 0.1) is 6.92 Å². The Morgan fingerprint density at radius 1 is 1.15 bits per heavy atom. The van der Waals surface area contributed by atoms with E-state index in [-0.39, 0.29) is 5.91 Å². The third kappa shape index (κ3) is 2.04. The lowest BCUT2D eigenvalue weighted by Gasteiger charge is -2.20. The summed E-state index contributed by atoms with van der Waals surface area (Å²) >= 11 is 6.03. The minimum absolute atomic E-state index is 0.0522. The van der Waals surface area contributed by atoms with E-state index in [0.717, 1.165) is 11.3 Å². The Kier molecular flexibility index (Phi) is 3.14. The molecule has 0 unspecified atom stereocenters. The molecule has 1 aliphatic rings. The molecule has 3 nitrogen and oxygen atoms in total. The van der Waals surface area contributed by atoms with Gasteiger partial charge in [0.05, 0.1) is 11.3 Å². The van der Waals surface area contributed by atoms with E-state index in [1.807, 2.05) is 38.1 Å². The highest BCUT2D eigenvalue weighted by atomic mass is 35.5. The van der Waals surface area contributed by atoms with Crippen molar-refractivity contribution in [3.8, 4) is 11.5 Å². The summed E-state index contributed by atoms with van der Waals surface area (Å²) in [4.78, 5) is 14.3. The lowest BCUT2D eigenvalue weighted by molar-refractivity contribution is 0.0988. The molecule has 102 valence electrons. The first kappa shape index (κ1) is 13.0. The number of hydrogen-bond acceptors (Lipinski definition) is 2. The summed E-state index contributed by atoms with van der Waals surface area (Å²) < 4.78 is 5.92. The average Bonchev–Trinajstić information content (AvgIpc) is 2.52. The molecule has 0 N–H and O–H groups in total. The van der Waals surface area contributed by atoms with Crippen molar-refractivity contribution < 1.29 is 9.53 Å². The molecule has 0 fully saturated rings. The molecule has 0 aromatic heterocycles. The number of ether oxygens (including phenoxy) is 1. The van der Waals surface area contributed by atoms with Crippen LogP contribution in [0.3, 0.4) is 0 Å². The van der Waals surface area contributed by atoms with Crippen LogP contribution in [0.5, 0.6) is 11.5 Å². The van der Waals surface area contributed by atoms with E-state index in [0.29, 0.717) is 28.6 Å². The highest BCUT2D eigenvalue weighted by Crippen LogP contribution is 2.40. The summed E-state index contributed by atoms with van der Waals surface area (Å²) in [5, 5.41) is 0.586. The van der Waals surface area contributed by atoms with Crippen molar-refractivity contribution in [1.82, 2.24) is 0 Å². The molecule has 20 heavy (non-hydrogen) atoms. The number of anilines is 1. The third-order valence-corrected chi connectivity index (χ3v) is 3.60. The minimum atomic E-state index is -0.0522. The standard InChI is InChI=1S/C16H14ClNO2/c1-3-18-13-7-5-11(17)9-15(13)20-14-8-10(2)4-6-12(14)16(18)19/h4-9H,3H2,1-2H3. The van der Waals surface area contributed by atoms with Crippen molar-refractivity contribution in [3.05, 3.63) is 52.5 Å². The van der Waals surface area contributed by atoms with Gasteiger partial charge in [0.1, 0.15) is 5.75 Å². The van der Waals surface area contributed by atoms with Gasteiger partial charge in [0.2, 0.25) is 0 Å². The first-order valence-corrected chi connectivity index (χ1v) is 6.88. The highest BCUT2D eigenvalue weighted by Gasteiger charge is 2.27. The predicted molar refractivity (Wildman–Crippen MR) is 80.1 cm³/mol. The van der Waals surface area contributed by atoms with Crippen LogP contribution in [0.15, 0.2) is 36.4 Å². The monoisotopic (exact) mass is 287 g/mol. The number of halogens is 1. The Morgan fingerprint density at radius 2 is 1.95 bits per heavy atom. The van der Waals surface area contributed by atoms with Crippen LogP contribution in [0.4, 0.5) is 5.69 Å². The molecule has 0 saturated carbocycles. The molecule has 0 radical (unpaired) electrons. The van der Waals surface area contributed by atoms with Gasteiger partial charge in [-0.1, -0.05) is 17.7 Å². The van der Waals surface area contributed by atoms with Crippen molar-refractivity contribution in [3.63, 3.8) is 0 Å². The van der Waals surface area contributed by atoms with E-state index < -0.39 is 0 Å². The molecule has 3 rings (SSSR count). The van der Waals surface area contributed by atoms with Gasteiger partial charge in [-0.3, -0.25) is 4.79 Å². The normalized spacial score (nSPS) is 13.3. The highest BCUT2D eigenvalue weighted by molar-refractivity contribution is 6.31. The molecule has 4 heteroatoms. The average molecular weight is 288 g/mol. The van der Waals surface area contributed by atoms with Gasteiger partial charge >= 0.3 is 0 Å². The third-order valence-electron chi connectivity index (χ3n) is 3.36. The first-order valence-electron chi connectivity index (χ1n) is 6.50. The van der Waals surface area contributed by atoms with Crippen LogP contribution in [-0.2, 0) is 0 Å². The zero-order valence-corrected chi connectivity index (χ0v) is 12.1. The fourth-order valence-corrected chi connectivity index (χ4v) is 2.53. The Labute approximate surface area is 122 Å². The van der Waals surface area contributed by atoms with Crippen LogP contribution in [0.2, 0.25) is 5.02 Å². The fraction of sp³-hybridized carbons (Fsp3) is 0.188. The number of aryl methyl sites for hydroxylation is 1. The predicted octanol–water partition coefficient (Wildman–Crippen LogP) is 4.42. The number of fused-ring (bicyclic) bond motifs is 2. The maximum Gasteiger partial charge on any atom is 0.262 e. The van der Waals surface area contributed by atoms with Crippen LogP contribution in [0.25, 0.3) is 0 Å². The fourth-order valence-electron chi connectivity index (χ4n) is 2.37. The van der Waals surface area contributed by atoms with E-state index in [9.17, 15) is 4.79 Å². The number of benzene rings is 2. The SMILES string of the molecule is CCN1C(=O)c2ccc(C)cc2Oc2cc(Cl)ccc21. The van der Waals surface area contributed by atoms with E-state index in [1.165, 1.54) is 0 Å². The summed E-state index contributed by atoms with van der Waals surface area (Å²) in [6.07, 6.45) is 0. The van der Waals surface area contributed by atoms with Crippen LogP contribution < -0.4 is 9.64 Å². The molecule has 1 amide bonds. The quantitative estimate of drug-likeness (QED) is 0.777. The molecule has 2 aromatic rings. The Bertz CT molecular complexity index is 697. The zero-order valence-electron chi connectivity index (χ0n) is 11.3. The number of amides is 1. The molecular weight excluding hydrogens is 274 g/mol. The second-order valence-electron chi connectivity index (χ2n) is 4.76. The molecule has 0 aliphatic carbocycles. The van der Waals surface area contributed by atoms with Gasteiger partial charge in [0, 0.05) is 17.6 Å². The van der Waals surface area contributed by atoms with Crippen LogP contribution in [-0.4, -0.2) is 12.5 Å². The van der Waals surface area contributed by atoms with Crippen molar-refractivity contribution in [2.75, 3.05) is 11.4 Å². The van der Waals surface area contributed by atoms with Crippen LogP contribution in [0.1, 0.15) is 22.8 Å². The van der Waals surface area contributed by atoms with Crippen molar-refractivity contribution >= 4 is 23.2 Å². The van der Waals surface area contributed by atoms with E-state index in [1.54, 1.807) is 17.0 Å².